The average Bonchev–Trinajstić information content (AvgIpc) is 3.74. The summed E-state index contributed by atoms with van der Waals surface area (Å²) in [5.41, 5.74) is 7.49. The van der Waals surface area contributed by atoms with E-state index < -0.39 is 0 Å². The highest BCUT2D eigenvalue weighted by molar-refractivity contribution is 7.26. The monoisotopic (exact) mass is 624 g/mol. The molecule has 0 N–H and O–H groups in total. The normalized spacial score (nSPS) is 11.5. The van der Waals surface area contributed by atoms with Gasteiger partial charge in [-0.25, -0.2) is 19.9 Å². The SMILES string of the molecule is c1ccc(-c2nc(-c3ccccc3)nc(-c3ccc4sc5cc(-c6cccc7nc(-c8ccccc8)sc67)ccc5c4c3)n2)cc1. The molecule has 9 rings (SSSR count). The molecule has 216 valence electrons. The van der Waals surface area contributed by atoms with Crippen LogP contribution in [0.4, 0.5) is 0 Å². The highest BCUT2D eigenvalue weighted by atomic mass is 32.1. The molecule has 0 saturated heterocycles. The summed E-state index contributed by atoms with van der Waals surface area (Å²) in [5, 5.41) is 3.48. The molecule has 0 bridgehead atoms. The molecule has 0 radical (unpaired) electrons. The maximum atomic E-state index is 4.96. The summed E-state index contributed by atoms with van der Waals surface area (Å²) in [4.78, 5) is 19.7. The van der Waals surface area contributed by atoms with Gasteiger partial charge in [0.25, 0.3) is 0 Å². The second-order valence-corrected chi connectivity index (χ2v) is 13.2. The number of thiophene rings is 1. The van der Waals surface area contributed by atoms with E-state index in [4.69, 9.17) is 19.9 Å². The Morgan fingerprint density at radius 3 is 1.65 bits per heavy atom. The van der Waals surface area contributed by atoms with Gasteiger partial charge >= 0.3 is 0 Å². The van der Waals surface area contributed by atoms with Crippen molar-refractivity contribution in [2.75, 3.05) is 0 Å². The van der Waals surface area contributed by atoms with Gasteiger partial charge < -0.3 is 0 Å². The van der Waals surface area contributed by atoms with Gasteiger partial charge in [-0.05, 0) is 35.9 Å². The van der Waals surface area contributed by atoms with Crippen molar-refractivity contribution in [3.05, 3.63) is 146 Å². The molecule has 3 aromatic heterocycles. The van der Waals surface area contributed by atoms with Gasteiger partial charge in [0.2, 0.25) is 0 Å². The van der Waals surface area contributed by atoms with Crippen molar-refractivity contribution in [1.29, 1.82) is 0 Å². The Hall–Kier alpha value is -5.56. The van der Waals surface area contributed by atoms with Gasteiger partial charge in [0.1, 0.15) is 5.01 Å². The molecule has 0 aliphatic carbocycles. The summed E-state index contributed by atoms with van der Waals surface area (Å²) >= 11 is 3.57. The maximum absolute atomic E-state index is 4.96. The summed E-state index contributed by atoms with van der Waals surface area (Å²) in [5.74, 6) is 1.99. The van der Waals surface area contributed by atoms with Crippen molar-refractivity contribution in [1.82, 2.24) is 19.9 Å². The molecular weight excluding hydrogens is 601 g/mol. The zero-order chi connectivity index (χ0) is 30.5. The lowest BCUT2D eigenvalue weighted by atomic mass is 10.0. The van der Waals surface area contributed by atoms with Gasteiger partial charge in [-0.3, -0.25) is 0 Å². The van der Waals surface area contributed by atoms with Crippen LogP contribution in [0.2, 0.25) is 0 Å². The molecule has 0 fully saturated rings. The van der Waals surface area contributed by atoms with Crippen LogP contribution in [0.5, 0.6) is 0 Å². The minimum Gasteiger partial charge on any atom is -0.236 e. The van der Waals surface area contributed by atoms with Crippen molar-refractivity contribution < 1.29 is 0 Å². The van der Waals surface area contributed by atoms with E-state index in [1.165, 1.54) is 36.0 Å². The summed E-state index contributed by atoms with van der Waals surface area (Å²) in [6.45, 7) is 0. The number of aromatic nitrogens is 4. The maximum Gasteiger partial charge on any atom is 0.164 e. The Labute approximate surface area is 273 Å². The van der Waals surface area contributed by atoms with Crippen LogP contribution in [0.15, 0.2) is 146 Å². The Balaban J connectivity index is 1.15. The molecule has 0 atom stereocenters. The van der Waals surface area contributed by atoms with Gasteiger partial charge in [0, 0.05) is 48.0 Å². The standard InChI is InChI=1S/C40H24N4S2/c1-4-11-25(12-5-1)37-42-38(26-13-6-2-7-14-26)44-39(43-37)29-20-22-34-32(23-29)31-21-19-28(24-35(31)45-34)30-17-10-18-33-36(30)46-40(41-33)27-15-8-3-9-16-27/h1-24H. The number of fused-ring (bicyclic) bond motifs is 4. The summed E-state index contributed by atoms with van der Waals surface area (Å²) < 4.78 is 3.70. The molecule has 0 amide bonds. The van der Waals surface area contributed by atoms with E-state index >= 15 is 0 Å². The summed E-state index contributed by atoms with van der Waals surface area (Å²) in [6, 6.07) is 50.4. The number of hydrogen-bond acceptors (Lipinski definition) is 6. The van der Waals surface area contributed by atoms with Crippen LogP contribution >= 0.6 is 22.7 Å². The molecule has 0 saturated carbocycles. The first kappa shape index (κ1) is 26.8. The topological polar surface area (TPSA) is 51.6 Å². The fourth-order valence-electron chi connectivity index (χ4n) is 5.90. The second-order valence-electron chi connectivity index (χ2n) is 11.1. The van der Waals surface area contributed by atoms with Crippen LogP contribution < -0.4 is 0 Å². The van der Waals surface area contributed by atoms with Gasteiger partial charge in [0.05, 0.1) is 10.2 Å². The molecule has 6 heteroatoms. The largest absolute Gasteiger partial charge is 0.236 e. The predicted molar refractivity (Wildman–Crippen MR) is 193 cm³/mol. The number of nitrogens with zero attached hydrogens (tertiary/aromatic N) is 4. The molecule has 46 heavy (non-hydrogen) atoms. The zero-order valence-electron chi connectivity index (χ0n) is 24.5. The zero-order valence-corrected chi connectivity index (χ0v) is 26.1. The van der Waals surface area contributed by atoms with E-state index in [1.807, 2.05) is 78.1 Å². The lowest BCUT2D eigenvalue weighted by molar-refractivity contribution is 1.07. The van der Waals surface area contributed by atoms with Crippen LogP contribution in [0.1, 0.15) is 0 Å². The summed E-state index contributed by atoms with van der Waals surface area (Å²) in [6.07, 6.45) is 0. The first-order valence-electron chi connectivity index (χ1n) is 15.1. The first-order valence-corrected chi connectivity index (χ1v) is 16.7. The highest BCUT2D eigenvalue weighted by Gasteiger charge is 2.16. The third-order valence-corrected chi connectivity index (χ3v) is 10.5. The van der Waals surface area contributed by atoms with Crippen molar-refractivity contribution >= 4 is 53.1 Å². The molecule has 4 nitrogen and oxygen atoms in total. The minimum absolute atomic E-state index is 0.664. The number of rotatable bonds is 5. The molecule has 0 aliphatic rings. The third-order valence-electron chi connectivity index (χ3n) is 8.18. The van der Waals surface area contributed by atoms with E-state index in [2.05, 4.69) is 78.9 Å². The van der Waals surface area contributed by atoms with E-state index in [0.717, 1.165) is 32.8 Å². The molecule has 9 aromatic rings. The van der Waals surface area contributed by atoms with Crippen LogP contribution in [-0.4, -0.2) is 19.9 Å². The Kier molecular flexibility index (Phi) is 6.47. The fraction of sp³-hybridized carbons (Fsp3) is 0. The molecular formula is C40H24N4S2. The van der Waals surface area contributed by atoms with Gasteiger partial charge in [-0.2, -0.15) is 0 Å². The van der Waals surface area contributed by atoms with Crippen LogP contribution in [0, 0.1) is 0 Å². The van der Waals surface area contributed by atoms with Crippen molar-refractivity contribution in [2.45, 2.75) is 0 Å². The quantitative estimate of drug-likeness (QED) is 0.191. The van der Waals surface area contributed by atoms with Gasteiger partial charge in [-0.15, -0.1) is 22.7 Å². The van der Waals surface area contributed by atoms with Crippen molar-refractivity contribution in [3.63, 3.8) is 0 Å². The Bertz CT molecular complexity index is 2460. The smallest absolute Gasteiger partial charge is 0.164 e. The highest BCUT2D eigenvalue weighted by Crippen LogP contribution is 2.41. The van der Waals surface area contributed by atoms with E-state index in [1.54, 1.807) is 11.3 Å². The Morgan fingerprint density at radius 1 is 0.370 bits per heavy atom. The molecule has 0 unspecified atom stereocenters. The number of thiazole rings is 1. The predicted octanol–water partition coefficient (Wildman–Crippen LogP) is 11.2. The summed E-state index contributed by atoms with van der Waals surface area (Å²) in [7, 11) is 0. The first-order chi connectivity index (χ1) is 22.8. The lowest BCUT2D eigenvalue weighted by Gasteiger charge is -2.08. The fourth-order valence-corrected chi connectivity index (χ4v) is 8.13. The molecule has 3 heterocycles. The third kappa shape index (κ3) is 4.76. The molecule has 6 aromatic carbocycles. The van der Waals surface area contributed by atoms with E-state index in [9.17, 15) is 0 Å². The van der Waals surface area contributed by atoms with Crippen LogP contribution in [0.25, 0.3) is 86.3 Å². The van der Waals surface area contributed by atoms with E-state index in [-0.39, 0.29) is 0 Å². The minimum atomic E-state index is 0.664. The number of benzene rings is 6. The van der Waals surface area contributed by atoms with E-state index in [0.29, 0.717) is 17.5 Å². The average molecular weight is 625 g/mol. The number of hydrogen-bond donors (Lipinski definition) is 0. The van der Waals surface area contributed by atoms with Crippen LogP contribution in [-0.2, 0) is 0 Å². The second kappa shape index (κ2) is 11.1. The lowest BCUT2D eigenvalue weighted by Crippen LogP contribution is -2.00. The van der Waals surface area contributed by atoms with Gasteiger partial charge in [0.15, 0.2) is 17.5 Å². The van der Waals surface area contributed by atoms with Crippen molar-refractivity contribution in [2.24, 2.45) is 0 Å². The molecule has 0 aliphatic heterocycles. The Morgan fingerprint density at radius 2 is 0.978 bits per heavy atom. The van der Waals surface area contributed by atoms with Crippen molar-refractivity contribution in [3.8, 4) is 55.9 Å². The van der Waals surface area contributed by atoms with Crippen LogP contribution in [0.3, 0.4) is 0 Å². The van der Waals surface area contributed by atoms with Gasteiger partial charge in [-0.1, -0.05) is 115 Å². The molecule has 0 spiro atoms.